The van der Waals surface area contributed by atoms with E-state index in [9.17, 15) is 18.0 Å². The van der Waals surface area contributed by atoms with Gasteiger partial charge < -0.3 is 15.2 Å². The summed E-state index contributed by atoms with van der Waals surface area (Å²) < 4.78 is 41.8. The maximum absolute atomic E-state index is 14.5. The van der Waals surface area contributed by atoms with Crippen molar-refractivity contribution in [3.05, 3.63) is 70.9 Å². The van der Waals surface area contributed by atoms with Crippen molar-refractivity contribution in [3.8, 4) is 11.4 Å². The van der Waals surface area contributed by atoms with Crippen LogP contribution in [0.3, 0.4) is 0 Å². The highest BCUT2D eigenvalue weighted by Crippen LogP contribution is 2.28. The summed E-state index contributed by atoms with van der Waals surface area (Å²) in [5, 5.41) is 4.19. The van der Waals surface area contributed by atoms with E-state index in [1.54, 1.807) is 12.3 Å². The molecule has 1 aliphatic heterocycles. The molecule has 1 amide bonds. The van der Waals surface area contributed by atoms with Crippen molar-refractivity contribution in [2.24, 2.45) is 5.92 Å². The molecule has 0 radical (unpaired) electrons. The third-order valence-corrected chi connectivity index (χ3v) is 6.22. The van der Waals surface area contributed by atoms with E-state index in [2.05, 4.69) is 25.3 Å². The Bertz CT molecular complexity index is 1410. The molecule has 1 fully saturated rings. The Hall–Kier alpha value is -3.66. The Morgan fingerprint density at radius 2 is 2.03 bits per heavy atom. The molecule has 2 N–H and O–H groups in total. The van der Waals surface area contributed by atoms with Crippen LogP contribution in [0.15, 0.2) is 42.9 Å². The van der Waals surface area contributed by atoms with Gasteiger partial charge in [-0.1, -0.05) is 11.6 Å². The number of pyridine rings is 1. The lowest BCUT2D eigenvalue weighted by molar-refractivity contribution is 0.0675. The van der Waals surface area contributed by atoms with Gasteiger partial charge in [-0.2, -0.15) is 0 Å². The minimum Gasteiger partial charge on any atom is -0.367 e. The van der Waals surface area contributed by atoms with Gasteiger partial charge in [0.1, 0.15) is 17.3 Å². The second kappa shape index (κ2) is 9.53. The van der Waals surface area contributed by atoms with E-state index in [1.165, 1.54) is 11.1 Å². The van der Waals surface area contributed by atoms with Gasteiger partial charge in [-0.25, -0.2) is 28.1 Å². The van der Waals surface area contributed by atoms with Crippen LogP contribution >= 0.6 is 11.6 Å². The van der Waals surface area contributed by atoms with E-state index in [-0.39, 0.29) is 17.3 Å². The number of nitrogens with one attached hydrogen (secondary N) is 2. The summed E-state index contributed by atoms with van der Waals surface area (Å²) in [6.07, 6.45) is 5.81. The molecular weight excluding hydrogens is 481 g/mol. The average molecular weight is 501 g/mol. The van der Waals surface area contributed by atoms with Gasteiger partial charge in [0.05, 0.1) is 16.8 Å². The maximum Gasteiger partial charge on any atom is 0.256 e. The van der Waals surface area contributed by atoms with E-state index in [0.717, 1.165) is 24.8 Å². The number of aromatic amines is 1. The van der Waals surface area contributed by atoms with Crippen LogP contribution in [0, 0.1) is 23.4 Å². The summed E-state index contributed by atoms with van der Waals surface area (Å²) in [5.41, 5.74) is 1.07. The molecule has 0 spiro atoms. The first-order valence-electron chi connectivity index (χ1n) is 11.0. The molecule has 1 aliphatic rings. The highest BCUT2D eigenvalue weighted by Gasteiger charge is 2.26. The molecule has 0 saturated carbocycles. The molecule has 1 aromatic carbocycles. The molecule has 4 heterocycles. The van der Waals surface area contributed by atoms with Crippen molar-refractivity contribution >= 4 is 34.4 Å². The normalized spacial score (nSPS) is 16.0. The third-order valence-electron chi connectivity index (χ3n) is 6.01. The van der Waals surface area contributed by atoms with Crippen molar-refractivity contribution < 1.29 is 18.0 Å². The number of likely N-dealkylation sites (tertiary alicyclic amines) is 1. The van der Waals surface area contributed by atoms with Crippen LogP contribution in [-0.2, 0) is 0 Å². The van der Waals surface area contributed by atoms with E-state index in [1.807, 2.05) is 0 Å². The summed E-state index contributed by atoms with van der Waals surface area (Å²) in [4.78, 5) is 30.0. The summed E-state index contributed by atoms with van der Waals surface area (Å²) in [6, 6.07) is 4.64. The van der Waals surface area contributed by atoms with Crippen LogP contribution < -0.4 is 5.32 Å². The van der Waals surface area contributed by atoms with Crippen molar-refractivity contribution in [1.82, 2.24) is 24.8 Å². The van der Waals surface area contributed by atoms with E-state index < -0.39 is 23.4 Å². The highest BCUT2D eigenvalue weighted by atomic mass is 35.5. The van der Waals surface area contributed by atoms with Gasteiger partial charge in [-0.3, -0.25) is 4.79 Å². The van der Waals surface area contributed by atoms with Crippen LogP contribution in [0.5, 0.6) is 0 Å². The number of rotatable bonds is 5. The zero-order valence-electron chi connectivity index (χ0n) is 18.4. The molecule has 4 aromatic rings. The first-order valence-corrected chi connectivity index (χ1v) is 11.4. The Labute approximate surface area is 203 Å². The molecule has 11 heteroatoms. The van der Waals surface area contributed by atoms with Gasteiger partial charge >= 0.3 is 0 Å². The predicted molar refractivity (Wildman–Crippen MR) is 126 cm³/mol. The number of anilines is 1. The molecular formula is C24H20ClF3N6O. The fourth-order valence-corrected chi connectivity index (χ4v) is 4.43. The Kier molecular flexibility index (Phi) is 6.29. The molecule has 180 valence electrons. The molecule has 0 aliphatic carbocycles. The van der Waals surface area contributed by atoms with Crippen molar-refractivity contribution in [2.75, 3.05) is 25.0 Å². The van der Waals surface area contributed by atoms with Crippen molar-refractivity contribution in [1.29, 1.82) is 0 Å². The number of carbonyl (C=O) groups excluding carboxylic acids is 1. The molecule has 5 rings (SSSR count). The third kappa shape index (κ3) is 4.79. The number of carbonyl (C=O) groups is 1. The van der Waals surface area contributed by atoms with E-state index in [0.29, 0.717) is 59.6 Å². The number of piperidine rings is 1. The lowest BCUT2D eigenvalue weighted by Crippen LogP contribution is -2.42. The van der Waals surface area contributed by atoms with Gasteiger partial charge in [0.15, 0.2) is 17.5 Å². The van der Waals surface area contributed by atoms with E-state index >= 15 is 0 Å². The summed E-state index contributed by atoms with van der Waals surface area (Å²) >= 11 is 6.06. The van der Waals surface area contributed by atoms with Gasteiger partial charge in [-0.05, 0) is 37.0 Å². The first kappa shape index (κ1) is 23.1. The Morgan fingerprint density at radius 1 is 1.17 bits per heavy atom. The zero-order chi connectivity index (χ0) is 24.5. The van der Waals surface area contributed by atoms with Crippen LogP contribution in [0.2, 0.25) is 5.02 Å². The number of amides is 1. The van der Waals surface area contributed by atoms with Crippen LogP contribution in [-0.4, -0.2) is 50.4 Å². The second-order valence-electron chi connectivity index (χ2n) is 8.41. The standard InChI is InChI=1S/C24H20ClF3N6O/c25-14-6-17-18(10-31-21(17)30-9-14)22-32-11-20(28)23(33-22)29-8-13-2-1-5-34(12-13)24(35)16-4-3-15(26)7-19(16)27/h3-4,6-7,9-11,13H,1-2,5,8,12H2,(H,30,31)(H,29,32,33). The topological polar surface area (TPSA) is 86.8 Å². The van der Waals surface area contributed by atoms with Crippen LogP contribution in [0.25, 0.3) is 22.4 Å². The van der Waals surface area contributed by atoms with Crippen LogP contribution in [0.1, 0.15) is 23.2 Å². The number of nitrogens with zero attached hydrogens (tertiary/aromatic N) is 4. The SMILES string of the molecule is O=C(c1ccc(F)cc1F)N1CCCC(CNc2nc(-c3c[nH]c4ncc(Cl)cc34)ncc2F)C1. The number of aromatic nitrogens is 4. The number of hydrogen-bond donors (Lipinski definition) is 2. The Balaban J connectivity index is 1.29. The Morgan fingerprint density at radius 3 is 2.86 bits per heavy atom. The smallest absolute Gasteiger partial charge is 0.256 e. The summed E-state index contributed by atoms with van der Waals surface area (Å²) in [7, 11) is 0. The van der Waals surface area contributed by atoms with Crippen LogP contribution in [0.4, 0.5) is 19.0 Å². The average Bonchev–Trinajstić information content (AvgIpc) is 3.26. The lowest BCUT2D eigenvalue weighted by Gasteiger charge is -2.33. The van der Waals surface area contributed by atoms with Gasteiger partial charge in [-0.15, -0.1) is 0 Å². The monoisotopic (exact) mass is 500 g/mol. The minimum atomic E-state index is -0.889. The molecule has 1 unspecified atom stereocenters. The fraction of sp³-hybridized carbons (Fsp3) is 0.250. The molecule has 0 bridgehead atoms. The summed E-state index contributed by atoms with van der Waals surface area (Å²) in [5.74, 6) is -2.40. The number of benzene rings is 1. The minimum absolute atomic E-state index is 0.00915. The zero-order valence-corrected chi connectivity index (χ0v) is 19.1. The number of H-pyrrole nitrogens is 1. The van der Waals surface area contributed by atoms with Crippen molar-refractivity contribution in [3.63, 3.8) is 0 Å². The predicted octanol–water partition coefficient (Wildman–Crippen LogP) is 5.05. The molecule has 1 atom stereocenters. The second-order valence-corrected chi connectivity index (χ2v) is 8.84. The fourth-order valence-electron chi connectivity index (χ4n) is 4.27. The molecule has 7 nitrogen and oxygen atoms in total. The number of fused-ring (bicyclic) bond motifs is 1. The summed E-state index contributed by atoms with van der Waals surface area (Å²) in [6.45, 7) is 1.18. The quantitative estimate of drug-likeness (QED) is 0.400. The van der Waals surface area contributed by atoms with Gasteiger partial charge in [0.25, 0.3) is 5.91 Å². The number of halogens is 4. The van der Waals surface area contributed by atoms with Crippen molar-refractivity contribution in [2.45, 2.75) is 12.8 Å². The van der Waals surface area contributed by atoms with E-state index in [4.69, 9.17) is 11.6 Å². The maximum atomic E-state index is 14.5. The number of hydrogen-bond acceptors (Lipinski definition) is 5. The first-order chi connectivity index (χ1) is 16.9. The van der Waals surface area contributed by atoms with Gasteiger partial charge in [0, 0.05) is 49.0 Å². The highest BCUT2D eigenvalue weighted by molar-refractivity contribution is 6.31. The largest absolute Gasteiger partial charge is 0.367 e. The van der Waals surface area contributed by atoms with Gasteiger partial charge in [0.2, 0.25) is 0 Å². The lowest BCUT2D eigenvalue weighted by atomic mass is 9.97. The molecule has 35 heavy (non-hydrogen) atoms. The molecule has 3 aromatic heterocycles. The molecule has 1 saturated heterocycles.